The number of aryl methyl sites for hydroxylation is 1. The number of carbonyl (C=O) groups excluding carboxylic acids is 3. The Morgan fingerprint density at radius 1 is 0.895 bits per heavy atom. The molecular weight excluding hydrogens is 1000 g/mol. The van der Waals surface area contributed by atoms with E-state index in [0.29, 0.717) is 30.9 Å². The smallest absolute Gasteiger partial charge is 0.329 e. The van der Waals surface area contributed by atoms with Gasteiger partial charge in [-0.1, -0.05) is 48.9 Å². The van der Waals surface area contributed by atoms with Gasteiger partial charge in [0.15, 0.2) is 28.8 Å². The number of amides is 4. The molecule has 3 saturated heterocycles. The minimum Gasteiger partial charge on any atom is -0.488 e. The maximum absolute atomic E-state index is 16.6. The van der Waals surface area contributed by atoms with Crippen LogP contribution in [0.2, 0.25) is 5.02 Å². The van der Waals surface area contributed by atoms with Gasteiger partial charge in [0.1, 0.15) is 29.5 Å². The van der Waals surface area contributed by atoms with E-state index in [9.17, 15) is 19.5 Å². The topological polar surface area (TPSA) is 168 Å². The van der Waals surface area contributed by atoms with Crippen LogP contribution >= 0.6 is 11.6 Å². The van der Waals surface area contributed by atoms with E-state index >= 15 is 17.6 Å². The number of aliphatic hydroxyl groups is 1. The van der Waals surface area contributed by atoms with Crippen LogP contribution < -0.4 is 30.7 Å². The Balaban J connectivity index is 0.709. The Morgan fingerprint density at radius 2 is 1.59 bits per heavy atom. The van der Waals surface area contributed by atoms with Crippen molar-refractivity contribution in [3.63, 3.8) is 0 Å². The number of hydrogen-bond donors (Lipinski definition) is 4. The van der Waals surface area contributed by atoms with Gasteiger partial charge in [-0.05, 0) is 131 Å². The largest absolute Gasteiger partial charge is 0.488 e. The monoisotopic (exact) mass is 1070 g/mol. The number of nitrogens with one attached hydrogen (secondary N) is 2. The molecular formula is C57H65ClF4N8O6. The molecule has 1 aromatic heterocycles. The summed E-state index contributed by atoms with van der Waals surface area (Å²) < 4.78 is 78.5. The van der Waals surface area contributed by atoms with Crippen LogP contribution in [0.1, 0.15) is 116 Å². The molecule has 0 radical (unpaired) electrons. The van der Waals surface area contributed by atoms with Crippen LogP contribution in [0.4, 0.5) is 28.2 Å². The van der Waals surface area contributed by atoms with Gasteiger partial charge in [-0.2, -0.15) is 5.10 Å². The maximum Gasteiger partial charge on any atom is 0.329 e. The average molecular weight is 1070 g/mol. The summed E-state index contributed by atoms with van der Waals surface area (Å²) in [5.41, 5.74) is 5.84. The van der Waals surface area contributed by atoms with Crippen LogP contribution in [0.5, 0.6) is 11.5 Å². The van der Waals surface area contributed by atoms with Crippen molar-refractivity contribution in [1.29, 1.82) is 0 Å². The fourth-order valence-electron chi connectivity index (χ4n) is 13.8. The number of nitrogens with zero attached hydrogens (tertiary/aromatic N) is 5. The Bertz CT molecular complexity index is 3070. The number of fused-ring (bicyclic) bond motifs is 5. The van der Waals surface area contributed by atoms with Crippen molar-refractivity contribution in [3.8, 4) is 22.6 Å². The number of aromatic nitrogens is 2. The van der Waals surface area contributed by atoms with E-state index in [2.05, 4.69) is 25.5 Å². The second-order valence-corrected chi connectivity index (χ2v) is 22.8. The zero-order chi connectivity index (χ0) is 53.3. The van der Waals surface area contributed by atoms with E-state index in [-0.39, 0.29) is 98.5 Å². The van der Waals surface area contributed by atoms with Crippen molar-refractivity contribution < 1.29 is 46.5 Å². The third kappa shape index (κ3) is 9.28. The van der Waals surface area contributed by atoms with Gasteiger partial charge in [-0.3, -0.25) is 24.5 Å². The Morgan fingerprint density at radius 3 is 2.26 bits per heavy atom. The summed E-state index contributed by atoms with van der Waals surface area (Å²) in [6.45, 7) is 7.45. The van der Waals surface area contributed by atoms with Crippen molar-refractivity contribution in [2.45, 2.75) is 101 Å². The molecule has 5 aromatic rings. The molecule has 4 aliphatic heterocycles. The molecule has 76 heavy (non-hydrogen) atoms. The lowest BCUT2D eigenvalue weighted by atomic mass is 9.57. The quantitative estimate of drug-likeness (QED) is 0.0743. The molecule has 404 valence electrons. The lowest BCUT2D eigenvalue weighted by molar-refractivity contribution is -0.120. The van der Waals surface area contributed by atoms with Gasteiger partial charge in [0.2, 0.25) is 11.8 Å². The Hall–Kier alpha value is -5.79. The van der Waals surface area contributed by atoms with Crippen molar-refractivity contribution in [2.24, 2.45) is 24.1 Å². The molecule has 6 fully saturated rings. The molecule has 14 nitrogen and oxygen atoms in total. The molecule has 5 N–H and O–H groups in total. The molecule has 0 spiro atoms. The SMILES string of the molecule is CC1c2c(cc(F)c(Cl)c2-c2c(C(N)=O)ccc(OCCO)c2F)OC1(CNC12CCC(CN3CCC(CN4CCC(c5c(F)cc6c(N7CCC(=O)NC7=O)nn(C)c6c5F)CC4)CC3)(CC1)CC2)c1ccccc1. The van der Waals surface area contributed by atoms with Crippen LogP contribution in [-0.4, -0.2) is 114 Å². The summed E-state index contributed by atoms with van der Waals surface area (Å²) in [6, 6.07) is 14.2. The van der Waals surface area contributed by atoms with E-state index in [1.807, 2.05) is 37.3 Å². The normalized spacial score (nSPS) is 25.5. The zero-order valence-corrected chi connectivity index (χ0v) is 43.7. The number of likely N-dealkylation sites (tertiary alicyclic amines) is 2. The summed E-state index contributed by atoms with van der Waals surface area (Å²) in [5, 5.41) is 19.9. The second kappa shape index (κ2) is 20.5. The van der Waals surface area contributed by atoms with E-state index in [4.69, 9.17) is 26.8 Å². The minimum atomic E-state index is -1.07. The van der Waals surface area contributed by atoms with E-state index in [1.54, 1.807) is 7.05 Å². The molecule has 19 heteroatoms. The van der Waals surface area contributed by atoms with Crippen LogP contribution in [0, 0.1) is 34.6 Å². The summed E-state index contributed by atoms with van der Waals surface area (Å²) in [5.74, 6) is -4.57. The third-order valence-corrected chi connectivity index (χ3v) is 18.5. The van der Waals surface area contributed by atoms with Crippen molar-refractivity contribution in [1.82, 2.24) is 30.2 Å². The third-order valence-electron chi connectivity index (χ3n) is 18.1. The lowest BCUT2D eigenvalue weighted by Gasteiger charge is -2.56. The number of urea groups is 1. The number of anilines is 1. The fourth-order valence-corrected chi connectivity index (χ4v) is 14.1. The molecule has 3 saturated carbocycles. The van der Waals surface area contributed by atoms with E-state index < -0.39 is 52.6 Å². The lowest BCUT2D eigenvalue weighted by Crippen LogP contribution is -2.60. The first-order valence-corrected chi connectivity index (χ1v) is 27.2. The van der Waals surface area contributed by atoms with Gasteiger partial charge < -0.3 is 35.4 Å². The molecule has 7 aliphatic rings. The zero-order valence-electron chi connectivity index (χ0n) is 43.0. The van der Waals surface area contributed by atoms with Gasteiger partial charge in [0, 0.05) is 79.4 Å². The number of rotatable bonds is 15. The standard InChI is InChI=1S/C57H65ClF4N8O6/c1-33-44-42(29-40(60)48(58)47(44)46-37(52(63)73)8-9-41(49(46)61)75-27-26-71)76-57(33,36-6-4-3-5-7-36)31-64-56-18-15-55(16-19-56,17-20-56)32-69-21-10-34(11-22-69)30-68-23-12-35(13-24-68)45-39(59)28-38-51(50(45)62)67(2)66-53(38)70-25-14-43(72)65-54(70)74/h3-9,28-29,33-35,64,71H,10-27,30-32H2,1-2H3,(H2,63,73)(H,65,72,74). The molecule has 3 aliphatic carbocycles. The van der Waals surface area contributed by atoms with Crippen LogP contribution in [0.25, 0.3) is 22.0 Å². The molecule has 2 bridgehead atoms. The van der Waals surface area contributed by atoms with E-state index in [0.717, 1.165) is 96.2 Å². The molecule has 4 aromatic carbocycles. The molecule has 4 amide bonds. The van der Waals surface area contributed by atoms with Gasteiger partial charge in [-0.25, -0.2) is 22.4 Å². The highest BCUT2D eigenvalue weighted by molar-refractivity contribution is 6.34. The van der Waals surface area contributed by atoms with Gasteiger partial charge in [0.05, 0.1) is 22.6 Å². The molecule has 5 heterocycles. The number of nitrogens with two attached hydrogens (primary N) is 1. The predicted molar refractivity (Wildman–Crippen MR) is 280 cm³/mol. The maximum atomic E-state index is 16.6. The number of carbonyl (C=O) groups is 3. The highest BCUT2D eigenvalue weighted by Crippen LogP contribution is 2.58. The van der Waals surface area contributed by atoms with Crippen LogP contribution in [0.15, 0.2) is 54.6 Å². The summed E-state index contributed by atoms with van der Waals surface area (Å²) >= 11 is 6.78. The van der Waals surface area contributed by atoms with Crippen molar-refractivity contribution in [2.75, 3.05) is 70.5 Å². The summed E-state index contributed by atoms with van der Waals surface area (Å²) in [6.07, 6.45) is 9.82. The Labute approximate surface area is 444 Å². The highest BCUT2D eigenvalue weighted by atomic mass is 35.5. The first-order valence-electron chi connectivity index (χ1n) is 26.8. The fraction of sp³-hybridized carbons (Fsp3) is 0.509. The number of imide groups is 1. The second-order valence-electron chi connectivity index (χ2n) is 22.4. The molecule has 2 atom stereocenters. The van der Waals surface area contributed by atoms with Gasteiger partial charge >= 0.3 is 6.03 Å². The van der Waals surface area contributed by atoms with Gasteiger partial charge in [0.25, 0.3) is 0 Å². The number of hydrogen-bond acceptors (Lipinski definition) is 10. The summed E-state index contributed by atoms with van der Waals surface area (Å²) in [7, 11) is 1.58. The Kier molecular flexibility index (Phi) is 14.1. The number of ether oxygens (including phenoxy) is 2. The average Bonchev–Trinajstić information content (AvgIpc) is 4.02. The number of aliphatic hydroxyl groups excluding tert-OH is 1. The van der Waals surface area contributed by atoms with Gasteiger partial charge in [-0.15, -0.1) is 0 Å². The summed E-state index contributed by atoms with van der Waals surface area (Å²) in [4.78, 5) is 43.5. The number of piperidine rings is 2. The minimum absolute atomic E-state index is 0.0259. The molecule has 2 unspecified atom stereocenters. The first kappa shape index (κ1) is 52.3. The van der Waals surface area contributed by atoms with Crippen LogP contribution in [-0.2, 0) is 17.4 Å². The number of halogens is 5. The number of benzene rings is 4. The highest BCUT2D eigenvalue weighted by Gasteiger charge is 2.54. The van der Waals surface area contributed by atoms with Crippen molar-refractivity contribution in [3.05, 3.63) is 105 Å². The van der Waals surface area contributed by atoms with E-state index in [1.165, 1.54) is 33.8 Å². The number of primary amides is 1. The van der Waals surface area contributed by atoms with Crippen LogP contribution in [0.3, 0.4) is 0 Å². The first-order chi connectivity index (χ1) is 36.5. The van der Waals surface area contributed by atoms with Crippen molar-refractivity contribution >= 4 is 46.2 Å². The predicted octanol–water partition coefficient (Wildman–Crippen LogP) is 9.03. The molecule has 12 rings (SSSR count).